The van der Waals surface area contributed by atoms with Crippen molar-refractivity contribution in [3.8, 4) is 0 Å². The Kier molecular flexibility index (Phi) is 2.86. The van der Waals surface area contributed by atoms with E-state index in [2.05, 4.69) is 10.4 Å². The maximum atomic E-state index is 11.2. The minimum Gasteiger partial charge on any atom is -0.290 e. The average molecular weight is 193 g/mol. The quantitative estimate of drug-likeness (QED) is 0.397. The van der Waals surface area contributed by atoms with Gasteiger partial charge in [0.05, 0.1) is 0 Å². The van der Waals surface area contributed by atoms with E-state index < -0.39 is 0 Å². The van der Waals surface area contributed by atoms with E-state index in [0.29, 0.717) is 5.56 Å². The fourth-order valence-electron chi connectivity index (χ4n) is 1.07. The molecule has 0 aromatic carbocycles. The summed E-state index contributed by atoms with van der Waals surface area (Å²) in [5.41, 5.74) is 3.44. The van der Waals surface area contributed by atoms with Gasteiger partial charge in [-0.3, -0.25) is 15.2 Å². The number of aromatic nitrogens is 1. The molecule has 0 aliphatic carbocycles. The third-order valence-corrected chi connectivity index (χ3v) is 1.92. The topological polar surface area (TPSA) is 68.0 Å². The lowest BCUT2D eigenvalue weighted by Gasteiger charge is -2.17. The van der Waals surface area contributed by atoms with Crippen molar-refractivity contribution < 1.29 is 4.79 Å². The summed E-state index contributed by atoms with van der Waals surface area (Å²) in [4.78, 5) is 15.4. The largest absolute Gasteiger partial charge is 0.290 e. The van der Waals surface area contributed by atoms with Crippen LogP contribution in [0.1, 0.15) is 36.8 Å². The van der Waals surface area contributed by atoms with Crippen LogP contribution in [0.5, 0.6) is 0 Å². The molecule has 14 heavy (non-hydrogen) atoms. The highest BCUT2D eigenvalue weighted by Gasteiger charge is 2.16. The minimum absolute atomic E-state index is 0.0646. The highest BCUT2D eigenvalue weighted by molar-refractivity contribution is 5.93. The molecule has 4 heteroatoms. The molecule has 1 amide bonds. The summed E-state index contributed by atoms with van der Waals surface area (Å²) in [6.45, 7) is 6.12. The fraction of sp³-hybridized carbons (Fsp3) is 0.400. The standard InChI is InChI=1S/C10H15N3O/c1-10(2,3)8-6-7(4-5-12-8)9(14)13-11/h4-6H,11H2,1-3H3,(H,13,14). The van der Waals surface area contributed by atoms with Gasteiger partial charge < -0.3 is 0 Å². The third-order valence-electron chi connectivity index (χ3n) is 1.92. The molecule has 0 radical (unpaired) electrons. The van der Waals surface area contributed by atoms with Gasteiger partial charge in [-0.2, -0.15) is 0 Å². The predicted molar refractivity (Wildman–Crippen MR) is 54.6 cm³/mol. The van der Waals surface area contributed by atoms with E-state index in [4.69, 9.17) is 5.84 Å². The molecule has 4 nitrogen and oxygen atoms in total. The number of nitrogens with zero attached hydrogens (tertiary/aromatic N) is 1. The van der Waals surface area contributed by atoms with Crippen LogP contribution in [-0.4, -0.2) is 10.9 Å². The molecule has 1 aromatic heterocycles. The molecular formula is C10H15N3O. The first kappa shape index (κ1) is 10.7. The Morgan fingerprint density at radius 2 is 2.14 bits per heavy atom. The molecule has 1 rings (SSSR count). The third kappa shape index (κ3) is 2.29. The van der Waals surface area contributed by atoms with Crippen LogP contribution in [0.25, 0.3) is 0 Å². The molecule has 0 fully saturated rings. The van der Waals surface area contributed by atoms with E-state index >= 15 is 0 Å². The van der Waals surface area contributed by atoms with Gasteiger partial charge in [0.1, 0.15) is 0 Å². The SMILES string of the molecule is CC(C)(C)c1cc(C(=O)NN)ccn1. The molecule has 0 atom stereocenters. The maximum Gasteiger partial charge on any atom is 0.265 e. The van der Waals surface area contributed by atoms with Crippen LogP contribution in [0.2, 0.25) is 0 Å². The number of rotatable bonds is 1. The van der Waals surface area contributed by atoms with E-state index in [1.807, 2.05) is 20.8 Å². The first-order valence-corrected chi connectivity index (χ1v) is 4.42. The van der Waals surface area contributed by atoms with Crippen molar-refractivity contribution in [1.29, 1.82) is 0 Å². The molecule has 0 unspecified atom stereocenters. The Bertz CT molecular complexity index is 341. The van der Waals surface area contributed by atoms with Crippen LogP contribution in [-0.2, 0) is 5.41 Å². The number of hydrazine groups is 1. The zero-order valence-corrected chi connectivity index (χ0v) is 8.66. The monoisotopic (exact) mass is 193 g/mol. The second-order valence-corrected chi connectivity index (χ2v) is 4.15. The Morgan fingerprint density at radius 1 is 1.50 bits per heavy atom. The maximum absolute atomic E-state index is 11.2. The molecule has 0 spiro atoms. The number of hydrogen-bond donors (Lipinski definition) is 2. The van der Waals surface area contributed by atoms with E-state index in [1.54, 1.807) is 18.3 Å². The lowest BCUT2D eigenvalue weighted by Crippen LogP contribution is -2.30. The van der Waals surface area contributed by atoms with Gasteiger partial charge in [0.15, 0.2) is 0 Å². The first-order chi connectivity index (χ1) is 6.45. The van der Waals surface area contributed by atoms with E-state index in [9.17, 15) is 4.79 Å². The van der Waals surface area contributed by atoms with Gasteiger partial charge in [-0.15, -0.1) is 0 Å². The lowest BCUT2D eigenvalue weighted by atomic mass is 9.91. The molecule has 3 N–H and O–H groups in total. The van der Waals surface area contributed by atoms with Crippen molar-refractivity contribution in [2.45, 2.75) is 26.2 Å². The summed E-state index contributed by atoms with van der Waals surface area (Å²) in [7, 11) is 0. The van der Waals surface area contributed by atoms with Crippen LogP contribution in [0.15, 0.2) is 18.3 Å². The molecular weight excluding hydrogens is 178 g/mol. The van der Waals surface area contributed by atoms with Crippen molar-refractivity contribution in [3.63, 3.8) is 0 Å². The molecule has 0 aliphatic rings. The molecule has 0 saturated heterocycles. The summed E-state index contributed by atoms with van der Waals surface area (Å²) < 4.78 is 0. The van der Waals surface area contributed by atoms with Gasteiger partial charge in [-0.05, 0) is 12.1 Å². The number of nitrogen functional groups attached to an aromatic ring is 1. The van der Waals surface area contributed by atoms with Crippen LogP contribution >= 0.6 is 0 Å². The predicted octanol–water partition coefficient (Wildman–Crippen LogP) is 0.983. The number of hydrogen-bond acceptors (Lipinski definition) is 3. The molecule has 0 aliphatic heterocycles. The number of nitrogens with one attached hydrogen (secondary N) is 1. The van der Waals surface area contributed by atoms with Crippen LogP contribution in [0.3, 0.4) is 0 Å². The second kappa shape index (κ2) is 3.75. The highest BCUT2D eigenvalue weighted by atomic mass is 16.2. The number of nitrogens with two attached hydrogens (primary N) is 1. The number of amides is 1. The highest BCUT2D eigenvalue weighted by Crippen LogP contribution is 2.20. The van der Waals surface area contributed by atoms with Crippen LogP contribution in [0.4, 0.5) is 0 Å². The zero-order chi connectivity index (χ0) is 10.8. The van der Waals surface area contributed by atoms with Gasteiger partial charge >= 0.3 is 0 Å². The number of carbonyl (C=O) groups excluding carboxylic acids is 1. The average Bonchev–Trinajstić information content (AvgIpc) is 2.15. The van der Waals surface area contributed by atoms with Gasteiger partial charge in [0, 0.05) is 22.9 Å². The fourth-order valence-corrected chi connectivity index (χ4v) is 1.07. The Hall–Kier alpha value is -1.42. The molecule has 0 saturated carbocycles. The Balaban J connectivity index is 3.08. The van der Waals surface area contributed by atoms with Crippen molar-refractivity contribution in [2.75, 3.05) is 0 Å². The zero-order valence-electron chi connectivity index (χ0n) is 8.66. The van der Waals surface area contributed by atoms with Gasteiger partial charge in [-0.1, -0.05) is 20.8 Å². The smallest absolute Gasteiger partial charge is 0.265 e. The summed E-state index contributed by atoms with van der Waals surface area (Å²) in [6, 6.07) is 3.39. The lowest BCUT2D eigenvalue weighted by molar-refractivity contribution is 0.0953. The normalized spacial score (nSPS) is 11.1. The summed E-state index contributed by atoms with van der Waals surface area (Å²) >= 11 is 0. The molecule has 1 aromatic rings. The van der Waals surface area contributed by atoms with Crippen molar-refractivity contribution >= 4 is 5.91 Å². The number of pyridine rings is 1. The Morgan fingerprint density at radius 3 is 2.64 bits per heavy atom. The van der Waals surface area contributed by atoms with Crippen LogP contribution in [0, 0.1) is 0 Å². The van der Waals surface area contributed by atoms with Gasteiger partial charge in [0.25, 0.3) is 5.91 Å². The minimum atomic E-state index is -0.294. The van der Waals surface area contributed by atoms with Crippen molar-refractivity contribution in [2.24, 2.45) is 5.84 Å². The molecule has 76 valence electrons. The Labute approximate surface area is 83.5 Å². The van der Waals surface area contributed by atoms with Crippen molar-refractivity contribution in [1.82, 2.24) is 10.4 Å². The first-order valence-electron chi connectivity index (χ1n) is 4.42. The van der Waals surface area contributed by atoms with E-state index in [0.717, 1.165) is 5.69 Å². The summed E-state index contributed by atoms with van der Waals surface area (Å²) in [5, 5.41) is 0. The van der Waals surface area contributed by atoms with Crippen LogP contribution < -0.4 is 11.3 Å². The van der Waals surface area contributed by atoms with E-state index in [-0.39, 0.29) is 11.3 Å². The molecule has 0 bridgehead atoms. The van der Waals surface area contributed by atoms with Gasteiger partial charge in [-0.25, -0.2) is 5.84 Å². The van der Waals surface area contributed by atoms with E-state index in [1.165, 1.54) is 0 Å². The summed E-state index contributed by atoms with van der Waals surface area (Å²) in [6.07, 6.45) is 1.62. The van der Waals surface area contributed by atoms with Crippen molar-refractivity contribution in [3.05, 3.63) is 29.6 Å². The summed E-state index contributed by atoms with van der Waals surface area (Å²) in [5.74, 6) is 4.75. The second-order valence-electron chi connectivity index (χ2n) is 4.15. The van der Waals surface area contributed by atoms with Gasteiger partial charge in [0.2, 0.25) is 0 Å². The molecule has 1 heterocycles. The number of carbonyl (C=O) groups is 1.